The second-order valence-corrected chi connectivity index (χ2v) is 6.06. The Hall–Kier alpha value is -0.730. The minimum Gasteiger partial charge on any atom is -0.366 e. The van der Waals surface area contributed by atoms with Crippen LogP contribution in [0.3, 0.4) is 0 Å². The second kappa shape index (κ2) is 5.50. The van der Waals surface area contributed by atoms with Crippen molar-refractivity contribution in [2.45, 2.75) is 45.7 Å². The fourth-order valence-electron chi connectivity index (χ4n) is 2.75. The lowest BCUT2D eigenvalue weighted by molar-refractivity contribution is 0.516. The molecular formula is C15H23ClN2. The molecule has 0 saturated carbocycles. The number of anilines is 1. The van der Waals surface area contributed by atoms with E-state index >= 15 is 0 Å². The molecule has 1 aromatic carbocycles. The van der Waals surface area contributed by atoms with Crippen molar-refractivity contribution in [1.29, 1.82) is 0 Å². The van der Waals surface area contributed by atoms with Crippen LogP contribution in [0.5, 0.6) is 0 Å². The fourth-order valence-corrected chi connectivity index (χ4v) is 2.92. The van der Waals surface area contributed by atoms with Gasteiger partial charge in [0.05, 0.1) is 0 Å². The molecule has 0 atom stereocenters. The van der Waals surface area contributed by atoms with Crippen LogP contribution in [0.4, 0.5) is 5.69 Å². The maximum Gasteiger partial charge on any atom is 0.0431 e. The van der Waals surface area contributed by atoms with Gasteiger partial charge in [-0.3, -0.25) is 0 Å². The third-order valence-corrected chi connectivity index (χ3v) is 4.04. The molecule has 2 nitrogen and oxygen atoms in total. The second-order valence-electron chi connectivity index (χ2n) is 5.62. The summed E-state index contributed by atoms with van der Waals surface area (Å²) in [6.45, 7) is 9.80. The minimum atomic E-state index is 0.242. The Kier molecular flexibility index (Phi) is 4.18. The van der Waals surface area contributed by atoms with Crippen molar-refractivity contribution in [2.24, 2.45) is 0 Å². The van der Waals surface area contributed by atoms with Gasteiger partial charge in [-0.1, -0.05) is 24.6 Å². The SMILES string of the molecule is CCNCc1ccc(Cl)cc1N1CCCC1(C)C. The molecule has 0 bridgehead atoms. The number of benzene rings is 1. The third-order valence-electron chi connectivity index (χ3n) is 3.80. The monoisotopic (exact) mass is 266 g/mol. The van der Waals surface area contributed by atoms with Crippen LogP contribution in [0.2, 0.25) is 5.02 Å². The van der Waals surface area contributed by atoms with Crippen LogP contribution in [0.15, 0.2) is 18.2 Å². The molecule has 0 aliphatic carbocycles. The predicted octanol–water partition coefficient (Wildman–Crippen LogP) is 3.83. The first-order valence-electron chi connectivity index (χ1n) is 6.81. The minimum absolute atomic E-state index is 0.242. The standard InChI is InChI=1S/C15H23ClN2/c1-4-17-11-12-6-7-13(16)10-14(12)18-9-5-8-15(18,2)3/h6-7,10,17H,4-5,8-9,11H2,1-3H3. The third kappa shape index (κ3) is 2.81. The van der Waals surface area contributed by atoms with Gasteiger partial charge in [-0.25, -0.2) is 0 Å². The van der Waals surface area contributed by atoms with Gasteiger partial charge in [0.15, 0.2) is 0 Å². The van der Waals surface area contributed by atoms with Crippen molar-refractivity contribution in [2.75, 3.05) is 18.0 Å². The van der Waals surface area contributed by atoms with Crippen molar-refractivity contribution >= 4 is 17.3 Å². The number of nitrogens with one attached hydrogen (secondary N) is 1. The summed E-state index contributed by atoms with van der Waals surface area (Å²) in [4.78, 5) is 2.51. The van der Waals surface area contributed by atoms with Crippen LogP contribution in [-0.4, -0.2) is 18.6 Å². The summed E-state index contributed by atoms with van der Waals surface area (Å²) in [5, 5.41) is 4.23. The highest BCUT2D eigenvalue weighted by Gasteiger charge is 2.33. The van der Waals surface area contributed by atoms with Crippen molar-refractivity contribution in [1.82, 2.24) is 5.32 Å². The van der Waals surface area contributed by atoms with Crippen molar-refractivity contribution in [3.8, 4) is 0 Å². The highest BCUT2D eigenvalue weighted by Crippen LogP contribution is 2.36. The van der Waals surface area contributed by atoms with Crippen LogP contribution in [0.1, 0.15) is 39.2 Å². The van der Waals surface area contributed by atoms with E-state index in [4.69, 9.17) is 11.6 Å². The van der Waals surface area contributed by atoms with E-state index in [2.05, 4.69) is 43.1 Å². The predicted molar refractivity (Wildman–Crippen MR) is 79.5 cm³/mol. The summed E-state index contributed by atoms with van der Waals surface area (Å²) in [5.74, 6) is 0. The smallest absolute Gasteiger partial charge is 0.0431 e. The maximum absolute atomic E-state index is 6.18. The van der Waals surface area contributed by atoms with Crippen molar-refractivity contribution in [3.63, 3.8) is 0 Å². The lowest BCUT2D eigenvalue weighted by Crippen LogP contribution is -2.39. The molecule has 0 amide bonds. The number of halogens is 1. The lowest BCUT2D eigenvalue weighted by Gasteiger charge is -2.35. The van der Waals surface area contributed by atoms with E-state index in [1.54, 1.807) is 0 Å². The highest BCUT2D eigenvalue weighted by atomic mass is 35.5. The number of rotatable bonds is 4. The average molecular weight is 267 g/mol. The van der Waals surface area contributed by atoms with Gasteiger partial charge in [0, 0.05) is 29.3 Å². The molecule has 18 heavy (non-hydrogen) atoms. The van der Waals surface area contributed by atoms with Crippen LogP contribution in [-0.2, 0) is 6.54 Å². The molecule has 0 aromatic heterocycles. The maximum atomic E-state index is 6.18. The molecular weight excluding hydrogens is 244 g/mol. The van der Waals surface area contributed by atoms with Gasteiger partial charge in [-0.05, 0) is 50.9 Å². The normalized spacial score (nSPS) is 18.3. The molecule has 100 valence electrons. The Bertz CT molecular complexity index is 415. The van der Waals surface area contributed by atoms with E-state index in [9.17, 15) is 0 Å². The summed E-state index contributed by atoms with van der Waals surface area (Å²) in [6, 6.07) is 6.25. The van der Waals surface area contributed by atoms with Crippen molar-refractivity contribution < 1.29 is 0 Å². The highest BCUT2D eigenvalue weighted by molar-refractivity contribution is 6.30. The Morgan fingerprint density at radius 1 is 1.39 bits per heavy atom. The molecule has 3 heteroatoms. The molecule has 1 aromatic rings. The van der Waals surface area contributed by atoms with Crippen molar-refractivity contribution in [3.05, 3.63) is 28.8 Å². The van der Waals surface area contributed by atoms with E-state index in [1.165, 1.54) is 24.1 Å². The van der Waals surface area contributed by atoms with Gasteiger partial charge in [0.1, 0.15) is 0 Å². The number of hydrogen-bond acceptors (Lipinski definition) is 2. The van der Waals surface area contributed by atoms with E-state index in [-0.39, 0.29) is 5.54 Å². The Morgan fingerprint density at radius 2 is 2.17 bits per heavy atom. The number of nitrogens with zero attached hydrogens (tertiary/aromatic N) is 1. The number of hydrogen-bond donors (Lipinski definition) is 1. The molecule has 1 N–H and O–H groups in total. The van der Waals surface area contributed by atoms with Gasteiger partial charge >= 0.3 is 0 Å². The summed E-state index contributed by atoms with van der Waals surface area (Å²) in [6.07, 6.45) is 2.51. The molecule has 0 radical (unpaired) electrons. The van der Waals surface area contributed by atoms with Crippen LogP contribution in [0, 0.1) is 0 Å². The summed E-state index contributed by atoms with van der Waals surface area (Å²) in [5.41, 5.74) is 2.88. The molecule has 0 unspecified atom stereocenters. The van der Waals surface area contributed by atoms with Gasteiger partial charge in [-0.15, -0.1) is 0 Å². The molecule has 1 aliphatic rings. The first-order valence-corrected chi connectivity index (χ1v) is 7.19. The molecule has 2 rings (SSSR count). The van der Waals surface area contributed by atoms with Gasteiger partial charge in [0.25, 0.3) is 0 Å². The molecule has 1 aliphatic heterocycles. The summed E-state index contributed by atoms with van der Waals surface area (Å²) >= 11 is 6.18. The summed E-state index contributed by atoms with van der Waals surface area (Å²) < 4.78 is 0. The molecule has 1 heterocycles. The molecule has 0 spiro atoms. The lowest BCUT2D eigenvalue weighted by atomic mass is 10.0. The Labute approximate surface area is 115 Å². The van der Waals surface area contributed by atoms with Crippen LogP contribution < -0.4 is 10.2 Å². The van der Waals surface area contributed by atoms with E-state index in [0.29, 0.717) is 0 Å². The van der Waals surface area contributed by atoms with Crippen LogP contribution in [0.25, 0.3) is 0 Å². The quantitative estimate of drug-likeness (QED) is 0.891. The van der Waals surface area contributed by atoms with Gasteiger partial charge in [0.2, 0.25) is 0 Å². The first-order chi connectivity index (χ1) is 8.54. The van der Waals surface area contributed by atoms with E-state index in [1.807, 2.05) is 6.07 Å². The zero-order valence-electron chi connectivity index (χ0n) is 11.6. The summed E-state index contributed by atoms with van der Waals surface area (Å²) in [7, 11) is 0. The Balaban J connectivity index is 2.32. The zero-order chi connectivity index (χ0) is 13.2. The molecule has 1 fully saturated rings. The average Bonchev–Trinajstić information content (AvgIpc) is 2.67. The fraction of sp³-hybridized carbons (Fsp3) is 0.600. The van der Waals surface area contributed by atoms with E-state index < -0.39 is 0 Å². The van der Waals surface area contributed by atoms with Gasteiger partial charge < -0.3 is 10.2 Å². The first kappa shape index (κ1) is 13.7. The van der Waals surface area contributed by atoms with Gasteiger partial charge in [-0.2, -0.15) is 0 Å². The van der Waals surface area contributed by atoms with Crippen LogP contribution >= 0.6 is 11.6 Å². The van der Waals surface area contributed by atoms with E-state index in [0.717, 1.165) is 24.7 Å². The topological polar surface area (TPSA) is 15.3 Å². The zero-order valence-corrected chi connectivity index (χ0v) is 12.3. The Morgan fingerprint density at radius 3 is 2.78 bits per heavy atom. The molecule has 1 saturated heterocycles. The largest absolute Gasteiger partial charge is 0.366 e.